The van der Waals surface area contributed by atoms with Gasteiger partial charge in [0.1, 0.15) is 0 Å². The normalized spacial score (nSPS) is 39.5. The summed E-state index contributed by atoms with van der Waals surface area (Å²) in [4.78, 5) is 0. The van der Waals surface area contributed by atoms with Crippen LogP contribution in [0.5, 0.6) is 0 Å². The van der Waals surface area contributed by atoms with Crippen LogP contribution in [-0.2, 0) is 4.74 Å². The van der Waals surface area contributed by atoms with Crippen molar-refractivity contribution in [3.63, 3.8) is 0 Å². The fourth-order valence-corrected chi connectivity index (χ4v) is 1.74. The molecule has 0 spiro atoms. The first-order valence-electron chi connectivity index (χ1n) is 4.63. The molecular weight excluding hydrogens is 193 g/mol. The smallest absolute Gasteiger partial charge is 0.356 e. The highest BCUT2D eigenvalue weighted by molar-refractivity contribution is 5.01. The van der Waals surface area contributed by atoms with Crippen molar-refractivity contribution < 1.29 is 17.9 Å². The second-order valence-corrected chi connectivity index (χ2v) is 4.20. The molecule has 1 heterocycles. The number of hydrogen-bond acceptors (Lipinski definition) is 1. The second-order valence-electron chi connectivity index (χ2n) is 4.20. The number of ether oxygens (including phenoxy) is 1. The lowest BCUT2D eigenvalue weighted by atomic mass is 9.86. The van der Waals surface area contributed by atoms with Crippen molar-refractivity contribution in [1.29, 1.82) is 0 Å². The minimum absolute atomic E-state index is 0.0277. The summed E-state index contributed by atoms with van der Waals surface area (Å²) < 4.78 is 43.1. The predicted octanol–water partition coefficient (Wildman–Crippen LogP) is 3.45. The van der Waals surface area contributed by atoms with Crippen LogP contribution >= 0.6 is 0 Å². The Morgan fingerprint density at radius 1 is 1.29 bits per heavy atom. The van der Waals surface area contributed by atoms with E-state index in [9.17, 15) is 13.2 Å². The third kappa shape index (κ3) is 1.95. The predicted molar refractivity (Wildman–Crippen MR) is 48.0 cm³/mol. The molecule has 1 rings (SSSR count). The molecule has 0 aromatic carbocycles. The van der Waals surface area contributed by atoms with E-state index in [-0.39, 0.29) is 6.42 Å². The molecule has 1 saturated heterocycles. The summed E-state index contributed by atoms with van der Waals surface area (Å²) in [6, 6.07) is 0. The Morgan fingerprint density at radius 2 is 1.86 bits per heavy atom. The lowest BCUT2D eigenvalue weighted by molar-refractivity contribution is -0.308. The monoisotopic (exact) mass is 208 g/mol. The maximum absolute atomic E-state index is 12.6. The van der Waals surface area contributed by atoms with Crippen LogP contribution in [0, 0.1) is 0 Å². The van der Waals surface area contributed by atoms with Gasteiger partial charge in [0.05, 0.1) is 5.60 Å². The van der Waals surface area contributed by atoms with Crippen LogP contribution in [0.15, 0.2) is 12.7 Å². The minimum atomic E-state index is -4.31. The molecule has 2 atom stereocenters. The summed E-state index contributed by atoms with van der Waals surface area (Å²) in [6.45, 7) is 6.26. The van der Waals surface area contributed by atoms with Crippen molar-refractivity contribution in [1.82, 2.24) is 0 Å². The Hall–Kier alpha value is -0.510. The maximum Gasteiger partial charge on any atom is 0.417 e. The Morgan fingerprint density at radius 3 is 2.29 bits per heavy atom. The van der Waals surface area contributed by atoms with Gasteiger partial charge in [0, 0.05) is 0 Å². The van der Waals surface area contributed by atoms with E-state index in [1.807, 2.05) is 0 Å². The zero-order valence-electron chi connectivity index (χ0n) is 8.45. The fourth-order valence-electron chi connectivity index (χ4n) is 1.74. The molecular formula is C10H15F3O. The average molecular weight is 208 g/mol. The molecule has 0 N–H and O–H groups in total. The highest BCUT2D eigenvalue weighted by atomic mass is 19.4. The summed E-state index contributed by atoms with van der Waals surface area (Å²) in [5.41, 5.74) is -2.86. The maximum atomic E-state index is 12.6. The lowest BCUT2D eigenvalue weighted by Crippen LogP contribution is -2.53. The first-order valence-corrected chi connectivity index (χ1v) is 4.63. The van der Waals surface area contributed by atoms with Crippen LogP contribution in [0.3, 0.4) is 0 Å². The fraction of sp³-hybridized carbons (Fsp3) is 0.800. The quantitative estimate of drug-likeness (QED) is 0.600. The summed E-state index contributed by atoms with van der Waals surface area (Å²) in [5.74, 6) is 0. The largest absolute Gasteiger partial charge is 0.417 e. The summed E-state index contributed by atoms with van der Waals surface area (Å²) in [7, 11) is 0. The number of rotatable bonds is 1. The molecule has 1 aliphatic heterocycles. The molecule has 4 heteroatoms. The van der Waals surface area contributed by atoms with Crippen molar-refractivity contribution in [2.75, 3.05) is 0 Å². The van der Waals surface area contributed by atoms with Gasteiger partial charge >= 0.3 is 6.18 Å². The van der Waals surface area contributed by atoms with Gasteiger partial charge in [0.2, 0.25) is 0 Å². The zero-order valence-corrected chi connectivity index (χ0v) is 8.45. The minimum Gasteiger partial charge on any atom is -0.356 e. The van der Waals surface area contributed by atoms with Gasteiger partial charge in [-0.1, -0.05) is 6.08 Å². The average Bonchev–Trinajstić information content (AvgIpc) is 2.02. The molecule has 0 saturated carbocycles. The molecule has 0 amide bonds. The third-order valence-corrected chi connectivity index (χ3v) is 2.82. The zero-order chi connectivity index (χ0) is 11.0. The van der Waals surface area contributed by atoms with E-state index >= 15 is 0 Å². The highest BCUT2D eigenvalue weighted by Gasteiger charge is 2.56. The van der Waals surface area contributed by atoms with Gasteiger partial charge < -0.3 is 4.74 Å². The van der Waals surface area contributed by atoms with E-state index in [0.717, 1.165) is 6.92 Å². The second kappa shape index (κ2) is 3.26. The first-order chi connectivity index (χ1) is 6.22. The Labute approximate surface area is 81.9 Å². The van der Waals surface area contributed by atoms with E-state index in [0.29, 0.717) is 12.8 Å². The lowest BCUT2D eigenvalue weighted by Gasteiger charge is -2.44. The molecule has 0 radical (unpaired) electrons. The van der Waals surface area contributed by atoms with E-state index in [2.05, 4.69) is 6.58 Å². The standard InChI is InChI=1S/C10H15F3O/c1-4-8(2)6-5-7-9(3,14-8)10(11,12)13/h4H,1,5-7H2,2-3H3. The van der Waals surface area contributed by atoms with Gasteiger partial charge in [0.25, 0.3) is 0 Å². The third-order valence-electron chi connectivity index (χ3n) is 2.82. The van der Waals surface area contributed by atoms with Crippen molar-refractivity contribution in [2.45, 2.75) is 50.5 Å². The molecule has 0 aromatic heterocycles. The van der Waals surface area contributed by atoms with Crippen molar-refractivity contribution in [2.24, 2.45) is 0 Å². The molecule has 1 fully saturated rings. The number of halogens is 3. The van der Waals surface area contributed by atoms with Crippen molar-refractivity contribution >= 4 is 0 Å². The summed E-state index contributed by atoms with van der Waals surface area (Å²) >= 11 is 0. The number of hydrogen-bond donors (Lipinski definition) is 0. The highest BCUT2D eigenvalue weighted by Crippen LogP contribution is 2.45. The molecule has 2 unspecified atom stereocenters. The van der Waals surface area contributed by atoms with Crippen LogP contribution in [0.25, 0.3) is 0 Å². The van der Waals surface area contributed by atoms with Crippen molar-refractivity contribution in [3.05, 3.63) is 12.7 Å². The summed E-state index contributed by atoms with van der Waals surface area (Å²) in [6.07, 6.45) is -1.71. The molecule has 1 nitrogen and oxygen atoms in total. The van der Waals surface area contributed by atoms with Gasteiger partial charge in [0.15, 0.2) is 5.60 Å². The van der Waals surface area contributed by atoms with Gasteiger partial charge in [-0.25, -0.2) is 0 Å². The van der Waals surface area contributed by atoms with E-state index in [4.69, 9.17) is 4.74 Å². The van der Waals surface area contributed by atoms with Crippen LogP contribution in [0.1, 0.15) is 33.1 Å². The molecule has 14 heavy (non-hydrogen) atoms. The van der Waals surface area contributed by atoms with Crippen LogP contribution in [0.4, 0.5) is 13.2 Å². The Balaban J connectivity index is 2.88. The molecule has 1 aliphatic rings. The molecule has 0 aromatic rings. The van der Waals surface area contributed by atoms with E-state index < -0.39 is 17.4 Å². The van der Waals surface area contributed by atoms with Gasteiger partial charge in [-0.05, 0) is 33.1 Å². The van der Waals surface area contributed by atoms with E-state index in [1.54, 1.807) is 6.92 Å². The molecule has 0 bridgehead atoms. The van der Waals surface area contributed by atoms with E-state index in [1.165, 1.54) is 6.08 Å². The number of alkyl halides is 3. The van der Waals surface area contributed by atoms with Gasteiger partial charge in [-0.15, -0.1) is 6.58 Å². The Kier molecular flexibility index (Phi) is 2.69. The summed E-state index contributed by atoms with van der Waals surface area (Å²) in [5, 5.41) is 0. The Bertz CT molecular complexity index is 236. The van der Waals surface area contributed by atoms with Crippen LogP contribution < -0.4 is 0 Å². The van der Waals surface area contributed by atoms with Gasteiger partial charge in [-0.2, -0.15) is 13.2 Å². The first kappa shape index (κ1) is 11.6. The SMILES string of the molecule is C=CC1(C)CCCC(C)(C(F)(F)F)O1. The van der Waals surface area contributed by atoms with Crippen LogP contribution in [0.2, 0.25) is 0 Å². The molecule has 0 aliphatic carbocycles. The van der Waals surface area contributed by atoms with Crippen LogP contribution in [-0.4, -0.2) is 17.4 Å². The van der Waals surface area contributed by atoms with Gasteiger partial charge in [-0.3, -0.25) is 0 Å². The van der Waals surface area contributed by atoms with Crippen molar-refractivity contribution in [3.8, 4) is 0 Å². The molecule has 82 valence electrons. The topological polar surface area (TPSA) is 9.23 Å².